The van der Waals surface area contributed by atoms with Gasteiger partial charge in [-0.05, 0) is 56.0 Å². The van der Waals surface area contributed by atoms with Crippen LogP contribution in [0.1, 0.15) is 43.0 Å². The fraction of sp³-hybridized carbons (Fsp3) is 0.360. The highest BCUT2D eigenvalue weighted by Crippen LogP contribution is 2.40. The molecule has 1 atom stereocenters. The number of hydrogen-bond acceptors (Lipinski definition) is 7. The normalized spacial score (nSPS) is 17.3. The molecule has 0 radical (unpaired) electrons. The molecule has 1 aromatic heterocycles. The number of nitrogens with one attached hydrogen (secondary N) is 1. The second-order valence-electron chi connectivity index (χ2n) is 8.87. The average molecular weight is 476 g/mol. The van der Waals surface area contributed by atoms with Crippen molar-refractivity contribution >= 4 is 17.4 Å². The van der Waals surface area contributed by atoms with E-state index in [0.717, 1.165) is 39.5 Å². The summed E-state index contributed by atoms with van der Waals surface area (Å²) in [5.74, 6) is 0.563. The van der Waals surface area contributed by atoms with E-state index in [-0.39, 0.29) is 18.2 Å². The van der Waals surface area contributed by atoms with Crippen molar-refractivity contribution < 1.29 is 14.6 Å². The van der Waals surface area contributed by atoms with Crippen LogP contribution in [0.4, 0.5) is 4.79 Å². The van der Waals surface area contributed by atoms with Gasteiger partial charge in [-0.2, -0.15) is 5.26 Å². The molecule has 174 valence electrons. The Morgan fingerprint density at radius 2 is 2.06 bits per heavy atom. The molecule has 5 rings (SSSR count). The molecule has 2 amide bonds. The van der Waals surface area contributed by atoms with Gasteiger partial charge >= 0.3 is 6.03 Å². The van der Waals surface area contributed by atoms with Gasteiger partial charge in [-0.25, -0.2) is 4.79 Å². The molecular weight excluding hydrogens is 450 g/mol. The summed E-state index contributed by atoms with van der Waals surface area (Å²) in [5.41, 5.74) is 4.60. The predicted molar refractivity (Wildman–Crippen MR) is 128 cm³/mol. The number of carbonyl (C=O) groups is 1. The quantitative estimate of drug-likeness (QED) is 0.579. The predicted octanol–water partition coefficient (Wildman–Crippen LogP) is 3.90. The molecule has 1 aliphatic heterocycles. The molecule has 2 N–H and O–H groups in total. The second-order valence-corrected chi connectivity index (χ2v) is 9.85. The van der Waals surface area contributed by atoms with Crippen molar-refractivity contribution in [2.24, 2.45) is 0 Å². The Kier molecular flexibility index (Phi) is 5.94. The summed E-state index contributed by atoms with van der Waals surface area (Å²) in [6.45, 7) is 4.62. The topological polar surface area (TPSA) is 111 Å². The van der Waals surface area contributed by atoms with Gasteiger partial charge in [0.2, 0.25) is 0 Å². The van der Waals surface area contributed by atoms with Crippen LogP contribution < -0.4 is 10.1 Å². The summed E-state index contributed by atoms with van der Waals surface area (Å²) in [7, 11) is 0. The number of amides is 2. The van der Waals surface area contributed by atoms with Crippen LogP contribution in [0.5, 0.6) is 5.75 Å². The van der Waals surface area contributed by atoms with Crippen LogP contribution in [0.2, 0.25) is 0 Å². The molecule has 1 fully saturated rings. The molecule has 3 aromatic rings. The van der Waals surface area contributed by atoms with Crippen molar-refractivity contribution in [1.29, 1.82) is 5.26 Å². The molecule has 1 saturated heterocycles. The number of fused-ring (bicyclic) bond motifs is 1. The first kappa shape index (κ1) is 22.3. The first-order valence-electron chi connectivity index (χ1n) is 11.3. The first-order chi connectivity index (χ1) is 16.4. The minimum Gasteiger partial charge on any atom is -0.490 e. The molecule has 0 spiro atoms. The summed E-state index contributed by atoms with van der Waals surface area (Å²) in [6.07, 6.45) is 1.23. The number of aromatic nitrogens is 2. The van der Waals surface area contributed by atoms with Gasteiger partial charge in [0.25, 0.3) is 0 Å². The van der Waals surface area contributed by atoms with Gasteiger partial charge in [0.15, 0.2) is 0 Å². The Labute approximate surface area is 201 Å². The zero-order valence-corrected chi connectivity index (χ0v) is 19.8. The molecular formula is C25H25N5O3S. The zero-order valence-electron chi connectivity index (χ0n) is 19.0. The van der Waals surface area contributed by atoms with E-state index in [9.17, 15) is 15.2 Å². The number of ether oxygens (including phenoxy) is 1. The van der Waals surface area contributed by atoms with Gasteiger partial charge in [0, 0.05) is 11.1 Å². The van der Waals surface area contributed by atoms with Gasteiger partial charge in [-0.1, -0.05) is 29.5 Å². The van der Waals surface area contributed by atoms with Crippen LogP contribution in [0.3, 0.4) is 0 Å². The van der Waals surface area contributed by atoms with Crippen molar-refractivity contribution in [2.75, 3.05) is 13.1 Å². The Morgan fingerprint density at radius 3 is 2.79 bits per heavy atom. The number of nitrogens with zero attached hydrogens (tertiary/aromatic N) is 4. The highest BCUT2D eigenvalue weighted by molar-refractivity contribution is 7.17. The van der Waals surface area contributed by atoms with Crippen LogP contribution in [-0.2, 0) is 6.42 Å². The van der Waals surface area contributed by atoms with Crippen LogP contribution in [-0.4, -0.2) is 51.5 Å². The lowest BCUT2D eigenvalue weighted by Gasteiger charge is -2.36. The van der Waals surface area contributed by atoms with Crippen molar-refractivity contribution in [3.05, 3.63) is 53.1 Å². The van der Waals surface area contributed by atoms with Gasteiger partial charge in [-0.15, -0.1) is 10.2 Å². The average Bonchev–Trinajstić information content (AvgIpc) is 3.44. The van der Waals surface area contributed by atoms with Gasteiger partial charge < -0.3 is 20.1 Å². The summed E-state index contributed by atoms with van der Waals surface area (Å²) < 4.78 is 5.72. The molecule has 0 unspecified atom stereocenters. The van der Waals surface area contributed by atoms with E-state index in [1.54, 1.807) is 17.0 Å². The van der Waals surface area contributed by atoms with E-state index < -0.39 is 6.10 Å². The lowest BCUT2D eigenvalue weighted by Crippen LogP contribution is -2.57. The van der Waals surface area contributed by atoms with E-state index in [2.05, 4.69) is 27.6 Å². The molecule has 1 aliphatic carbocycles. The van der Waals surface area contributed by atoms with Gasteiger partial charge in [0.05, 0.1) is 36.9 Å². The molecule has 34 heavy (non-hydrogen) atoms. The molecule has 9 heteroatoms. The maximum absolute atomic E-state index is 12.4. The van der Waals surface area contributed by atoms with Crippen LogP contribution in [0, 0.1) is 11.3 Å². The SMILES string of the molecule is CC(C)Oc1ccc(-c2nnc(-c3cccc4c3CC[C@@H]4NC(=O)N3CC(O)C3)s2)cc1C#N. The Morgan fingerprint density at radius 1 is 1.26 bits per heavy atom. The third-order valence-electron chi connectivity index (χ3n) is 6.08. The summed E-state index contributed by atoms with van der Waals surface area (Å²) in [6, 6.07) is 13.6. The van der Waals surface area contributed by atoms with E-state index >= 15 is 0 Å². The maximum Gasteiger partial charge on any atom is 0.318 e. The Hall–Kier alpha value is -3.48. The third-order valence-corrected chi connectivity index (χ3v) is 7.09. The van der Waals surface area contributed by atoms with Crippen LogP contribution in [0.25, 0.3) is 21.1 Å². The lowest BCUT2D eigenvalue weighted by atomic mass is 10.0. The number of aliphatic hydroxyl groups excluding tert-OH is 1. The Bertz CT molecular complexity index is 1280. The third kappa shape index (κ3) is 4.22. The first-order valence-corrected chi connectivity index (χ1v) is 12.1. The minimum atomic E-state index is -0.414. The second kappa shape index (κ2) is 9.05. The zero-order chi connectivity index (χ0) is 23.8. The fourth-order valence-corrected chi connectivity index (χ4v) is 5.31. The van der Waals surface area contributed by atoms with E-state index in [4.69, 9.17) is 4.74 Å². The standard InChI is InChI=1S/C25H25N5O3S/c1-14(2)33-22-9-6-15(10-16(22)11-26)23-28-29-24(34-23)20-5-3-4-19-18(20)7-8-21(19)27-25(32)30-12-17(31)13-30/h3-6,9-10,14,17,21,31H,7-8,12-13H2,1-2H3,(H,27,32)/t21-/m0/s1. The number of β-amino-alcohol motifs (C(OH)–C–C–N with tert-alkyl or cyclic N) is 1. The van der Waals surface area contributed by atoms with E-state index in [1.807, 2.05) is 32.0 Å². The molecule has 0 saturated carbocycles. The number of aliphatic hydroxyl groups is 1. The number of hydrogen-bond donors (Lipinski definition) is 2. The smallest absolute Gasteiger partial charge is 0.318 e. The number of nitriles is 1. The fourth-order valence-electron chi connectivity index (χ4n) is 4.42. The maximum atomic E-state index is 12.4. The largest absolute Gasteiger partial charge is 0.490 e. The van der Waals surface area contributed by atoms with Gasteiger partial charge in [-0.3, -0.25) is 0 Å². The Balaban J connectivity index is 1.38. The molecule has 2 heterocycles. The van der Waals surface area contributed by atoms with E-state index in [1.165, 1.54) is 16.9 Å². The summed E-state index contributed by atoms with van der Waals surface area (Å²) >= 11 is 1.48. The van der Waals surface area contributed by atoms with Gasteiger partial charge in [0.1, 0.15) is 21.8 Å². The van der Waals surface area contributed by atoms with E-state index in [0.29, 0.717) is 24.4 Å². The number of likely N-dealkylation sites (tertiary alicyclic amines) is 1. The molecule has 2 aromatic carbocycles. The summed E-state index contributed by atoms with van der Waals surface area (Å²) in [5, 5.41) is 32.5. The van der Waals surface area contributed by atoms with Crippen LogP contribution >= 0.6 is 11.3 Å². The van der Waals surface area contributed by atoms with Crippen molar-refractivity contribution in [3.63, 3.8) is 0 Å². The minimum absolute atomic E-state index is 0.0163. The number of carbonyl (C=O) groups excluding carboxylic acids is 1. The molecule has 0 bridgehead atoms. The molecule has 2 aliphatic rings. The van der Waals surface area contributed by atoms with Crippen molar-refractivity contribution in [3.8, 4) is 33.0 Å². The van der Waals surface area contributed by atoms with Crippen LogP contribution in [0.15, 0.2) is 36.4 Å². The van der Waals surface area contributed by atoms with Crippen molar-refractivity contribution in [1.82, 2.24) is 20.4 Å². The summed E-state index contributed by atoms with van der Waals surface area (Å²) in [4.78, 5) is 14.1. The highest BCUT2D eigenvalue weighted by atomic mass is 32.1. The number of rotatable bonds is 5. The van der Waals surface area contributed by atoms with Crippen molar-refractivity contribution in [2.45, 2.75) is 44.9 Å². The highest BCUT2D eigenvalue weighted by Gasteiger charge is 2.33. The molecule has 8 nitrogen and oxygen atoms in total. The number of urea groups is 1. The lowest BCUT2D eigenvalue weighted by molar-refractivity contribution is 0.0257. The monoisotopic (exact) mass is 475 g/mol. The number of benzene rings is 2.